The van der Waals surface area contributed by atoms with Crippen LogP contribution >= 0.6 is 0 Å². The zero-order chi connectivity index (χ0) is 10.4. The Morgan fingerprint density at radius 1 is 1.50 bits per heavy atom. The standard InChI is InChI=1S/C12H22O2/c1-4-7-12(9-13-10-12)8-6-11(3)14-5-2/h5,11H,2,4,6-10H2,1,3H3. The predicted molar refractivity (Wildman–Crippen MR) is 58.1 cm³/mol. The summed E-state index contributed by atoms with van der Waals surface area (Å²) < 4.78 is 10.6. The maximum Gasteiger partial charge on any atom is 0.0950 e. The van der Waals surface area contributed by atoms with E-state index in [0.29, 0.717) is 11.5 Å². The first-order chi connectivity index (χ1) is 6.72. The van der Waals surface area contributed by atoms with E-state index in [0.717, 1.165) is 19.6 Å². The summed E-state index contributed by atoms with van der Waals surface area (Å²) in [5.74, 6) is 0. The molecule has 1 heterocycles. The molecule has 1 aliphatic heterocycles. The highest BCUT2D eigenvalue weighted by molar-refractivity contribution is 4.85. The smallest absolute Gasteiger partial charge is 0.0950 e. The summed E-state index contributed by atoms with van der Waals surface area (Å²) in [5, 5.41) is 0. The molecular formula is C12H22O2. The Balaban J connectivity index is 2.23. The zero-order valence-electron chi connectivity index (χ0n) is 9.42. The van der Waals surface area contributed by atoms with E-state index >= 15 is 0 Å². The van der Waals surface area contributed by atoms with Gasteiger partial charge >= 0.3 is 0 Å². The maximum atomic E-state index is 5.32. The van der Waals surface area contributed by atoms with Gasteiger partial charge < -0.3 is 9.47 Å². The van der Waals surface area contributed by atoms with Crippen LogP contribution in [0.4, 0.5) is 0 Å². The van der Waals surface area contributed by atoms with E-state index in [1.165, 1.54) is 25.5 Å². The molecule has 0 N–H and O–H groups in total. The van der Waals surface area contributed by atoms with Gasteiger partial charge in [0.2, 0.25) is 0 Å². The summed E-state index contributed by atoms with van der Waals surface area (Å²) in [5.41, 5.74) is 0.466. The quantitative estimate of drug-likeness (QED) is 0.585. The highest BCUT2D eigenvalue weighted by atomic mass is 16.5. The van der Waals surface area contributed by atoms with Crippen LogP contribution < -0.4 is 0 Å². The molecule has 0 aromatic carbocycles. The van der Waals surface area contributed by atoms with Gasteiger partial charge in [-0.15, -0.1) is 0 Å². The molecular weight excluding hydrogens is 176 g/mol. The van der Waals surface area contributed by atoms with Crippen molar-refractivity contribution in [3.8, 4) is 0 Å². The Bertz CT molecular complexity index is 173. The molecule has 1 aliphatic rings. The van der Waals surface area contributed by atoms with Crippen LogP contribution in [0, 0.1) is 5.41 Å². The molecule has 0 amide bonds. The van der Waals surface area contributed by atoms with E-state index in [-0.39, 0.29) is 0 Å². The third kappa shape index (κ3) is 3.02. The molecule has 0 aromatic heterocycles. The summed E-state index contributed by atoms with van der Waals surface area (Å²) >= 11 is 0. The number of hydrogen-bond donors (Lipinski definition) is 0. The lowest BCUT2D eigenvalue weighted by molar-refractivity contribution is -0.125. The van der Waals surface area contributed by atoms with Gasteiger partial charge in [0.05, 0.1) is 25.6 Å². The van der Waals surface area contributed by atoms with Crippen LogP contribution in [0.1, 0.15) is 39.5 Å². The molecule has 1 rings (SSSR count). The fraction of sp³-hybridized carbons (Fsp3) is 0.833. The monoisotopic (exact) mass is 198 g/mol. The van der Waals surface area contributed by atoms with Crippen molar-refractivity contribution < 1.29 is 9.47 Å². The van der Waals surface area contributed by atoms with Crippen molar-refractivity contribution in [3.63, 3.8) is 0 Å². The molecule has 1 atom stereocenters. The second kappa shape index (κ2) is 5.40. The average Bonchev–Trinajstić information content (AvgIpc) is 2.10. The summed E-state index contributed by atoms with van der Waals surface area (Å²) in [6.45, 7) is 9.80. The van der Waals surface area contributed by atoms with Gasteiger partial charge in [-0.2, -0.15) is 0 Å². The fourth-order valence-corrected chi connectivity index (χ4v) is 2.08. The second-order valence-electron chi connectivity index (χ2n) is 4.39. The molecule has 2 heteroatoms. The van der Waals surface area contributed by atoms with Crippen molar-refractivity contribution in [2.75, 3.05) is 13.2 Å². The Labute approximate surface area is 87.3 Å². The summed E-state index contributed by atoms with van der Waals surface area (Å²) in [6.07, 6.45) is 6.69. The molecule has 0 radical (unpaired) electrons. The largest absolute Gasteiger partial charge is 0.499 e. The third-order valence-corrected chi connectivity index (χ3v) is 3.01. The Kier molecular flexibility index (Phi) is 4.46. The Morgan fingerprint density at radius 2 is 2.21 bits per heavy atom. The fourth-order valence-electron chi connectivity index (χ4n) is 2.08. The summed E-state index contributed by atoms with van der Waals surface area (Å²) in [4.78, 5) is 0. The first kappa shape index (κ1) is 11.6. The van der Waals surface area contributed by atoms with Crippen LogP contribution in [0.2, 0.25) is 0 Å². The summed E-state index contributed by atoms with van der Waals surface area (Å²) in [6, 6.07) is 0. The molecule has 14 heavy (non-hydrogen) atoms. The molecule has 0 saturated carbocycles. The Hall–Kier alpha value is -0.500. The molecule has 1 fully saturated rings. The topological polar surface area (TPSA) is 18.5 Å². The summed E-state index contributed by atoms with van der Waals surface area (Å²) in [7, 11) is 0. The van der Waals surface area contributed by atoms with Crippen molar-refractivity contribution in [1.82, 2.24) is 0 Å². The maximum absolute atomic E-state index is 5.32. The minimum absolute atomic E-state index is 0.293. The third-order valence-electron chi connectivity index (χ3n) is 3.01. The van der Waals surface area contributed by atoms with Gasteiger partial charge in [-0.3, -0.25) is 0 Å². The van der Waals surface area contributed by atoms with E-state index < -0.39 is 0 Å². The van der Waals surface area contributed by atoms with Crippen molar-refractivity contribution in [1.29, 1.82) is 0 Å². The van der Waals surface area contributed by atoms with Crippen LogP contribution in [-0.4, -0.2) is 19.3 Å². The minimum Gasteiger partial charge on any atom is -0.499 e. The van der Waals surface area contributed by atoms with Crippen molar-refractivity contribution in [2.24, 2.45) is 5.41 Å². The molecule has 2 nitrogen and oxygen atoms in total. The van der Waals surface area contributed by atoms with Gasteiger partial charge in [0.25, 0.3) is 0 Å². The van der Waals surface area contributed by atoms with Crippen molar-refractivity contribution in [2.45, 2.75) is 45.6 Å². The second-order valence-corrected chi connectivity index (χ2v) is 4.39. The van der Waals surface area contributed by atoms with E-state index in [2.05, 4.69) is 20.4 Å². The van der Waals surface area contributed by atoms with Gasteiger partial charge in [-0.25, -0.2) is 0 Å². The molecule has 0 aromatic rings. The predicted octanol–water partition coefficient (Wildman–Crippen LogP) is 3.13. The lowest BCUT2D eigenvalue weighted by Gasteiger charge is -2.42. The van der Waals surface area contributed by atoms with Crippen LogP contribution in [0.25, 0.3) is 0 Å². The van der Waals surface area contributed by atoms with Crippen LogP contribution in [-0.2, 0) is 9.47 Å². The number of hydrogen-bond acceptors (Lipinski definition) is 2. The van der Waals surface area contributed by atoms with Gasteiger partial charge in [-0.1, -0.05) is 19.9 Å². The normalized spacial score (nSPS) is 21.0. The lowest BCUT2D eigenvalue weighted by Crippen LogP contribution is -2.42. The molecule has 1 saturated heterocycles. The van der Waals surface area contributed by atoms with E-state index in [9.17, 15) is 0 Å². The first-order valence-corrected chi connectivity index (χ1v) is 5.56. The van der Waals surface area contributed by atoms with E-state index in [1.54, 1.807) is 0 Å². The van der Waals surface area contributed by atoms with Crippen LogP contribution in [0.5, 0.6) is 0 Å². The van der Waals surface area contributed by atoms with Gasteiger partial charge in [-0.05, 0) is 26.2 Å². The van der Waals surface area contributed by atoms with Gasteiger partial charge in [0, 0.05) is 5.41 Å². The van der Waals surface area contributed by atoms with E-state index in [1.807, 2.05) is 0 Å². The van der Waals surface area contributed by atoms with Gasteiger partial charge in [0.15, 0.2) is 0 Å². The van der Waals surface area contributed by atoms with E-state index in [4.69, 9.17) is 9.47 Å². The molecule has 0 bridgehead atoms. The number of rotatable bonds is 7. The Morgan fingerprint density at radius 3 is 2.64 bits per heavy atom. The van der Waals surface area contributed by atoms with Crippen LogP contribution in [0.3, 0.4) is 0 Å². The number of ether oxygens (including phenoxy) is 2. The van der Waals surface area contributed by atoms with Crippen molar-refractivity contribution >= 4 is 0 Å². The van der Waals surface area contributed by atoms with Crippen LogP contribution in [0.15, 0.2) is 12.8 Å². The highest BCUT2D eigenvalue weighted by Crippen LogP contribution is 2.37. The average molecular weight is 198 g/mol. The molecule has 1 unspecified atom stereocenters. The molecule has 0 spiro atoms. The minimum atomic E-state index is 0.293. The molecule has 0 aliphatic carbocycles. The highest BCUT2D eigenvalue weighted by Gasteiger charge is 2.37. The molecule has 82 valence electrons. The SMILES string of the molecule is C=COC(C)CCC1(CCC)COC1. The lowest BCUT2D eigenvalue weighted by atomic mass is 9.77. The van der Waals surface area contributed by atoms with Gasteiger partial charge in [0.1, 0.15) is 0 Å². The zero-order valence-corrected chi connectivity index (χ0v) is 9.42. The van der Waals surface area contributed by atoms with Crippen molar-refractivity contribution in [3.05, 3.63) is 12.8 Å². The first-order valence-electron chi connectivity index (χ1n) is 5.56.